The molecule has 0 aromatic heterocycles. The Morgan fingerprint density at radius 1 is 0.296 bits per heavy atom. The topological polar surface area (TPSA) is 78.9 Å². The van der Waals surface area contributed by atoms with Crippen LogP contribution >= 0.6 is 0 Å². The second-order valence-corrected chi connectivity index (χ2v) is 19.5. The minimum Gasteiger partial charge on any atom is -0.462 e. The Bertz CT molecular complexity index is 1410. The summed E-state index contributed by atoms with van der Waals surface area (Å²) in [5.41, 5.74) is 0. The summed E-state index contributed by atoms with van der Waals surface area (Å²) < 4.78 is 16.7. The van der Waals surface area contributed by atoms with E-state index in [1.165, 1.54) is 109 Å². The van der Waals surface area contributed by atoms with Crippen molar-refractivity contribution in [1.29, 1.82) is 0 Å². The molecule has 0 amide bonds. The largest absolute Gasteiger partial charge is 0.462 e. The van der Waals surface area contributed by atoms with E-state index in [2.05, 4.69) is 118 Å². The van der Waals surface area contributed by atoms with E-state index in [0.29, 0.717) is 19.3 Å². The highest BCUT2D eigenvalue weighted by Gasteiger charge is 2.19. The van der Waals surface area contributed by atoms with Gasteiger partial charge in [0.15, 0.2) is 6.10 Å². The lowest BCUT2D eigenvalue weighted by Gasteiger charge is -2.18. The average Bonchev–Trinajstić information content (AvgIpc) is 3.37. The fraction of sp³-hybridized carbons (Fsp3) is 0.708. The van der Waals surface area contributed by atoms with E-state index < -0.39 is 6.10 Å². The zero-order chi connectivity index (χ0) is 51.4. The van der Waals surface area contributed by atoms with Crippen LogP contribution in [0.3, 0.4) is 0 Å². The van der Waals surface area contributed by atoms with E-state index in [1.807, 2.05) is 0 Å². The first-order valence-electron chi connectivity index (χ1n) is 29.7. The number of ether oxygens (including phenoxy) is 3. The highest BCUT2D eigenvalue weighted by molar-refractivity contribution is 5.71. The molecule has 6 heteroatoms. The van der Waals surface area contributed by atoms with Gasteiger partial charge in [-0.1, -0.05) is 253 Å². The molecule has 71 heavy (non-hydrogen) atoms. The lowest BCUT2D eigenvalue weighted by atomic mass is 10.1. The van der Waals surface area contributed by atoms with Crippen molar-refractivity contribution in [1.82, 2.24) is 0 Å². The van der Waals surface area contributed by atoms with Crippen LogP contribution in [0.4, 0.5) is 0 Å². The molecule has 0 fully saturated rings. The Morgan fingerprint density at radius 3 is 0.873 bits per heavy atom. The molecule has 0 bridgehead atoms. The number of unbranched alkanes of at least 4 members (excludes halogenated alkanes) is 26. The number of carbonyl (C=O) groups is 3. The standard InChI is InChI=1S/C65H110O6/c1-4-7-10-13-15-17-19-21-23-25-27-29-30-31-32-33-34-36-37-39-41-43-45-47-49-52-55-58-64(67)70-61-62(60-69-63(66)57-54-51-12-9-6-3)71-65(68)59-56-53-50-48-46-44-42-40-38-35-28-26-24-22-20-18-16-14-11-8-5-2/h7,10,15,17,21,23,26-29,31-32,34,36,39,41,62H,4-6,8-9,11-14,16,18-20,22,24-25,30,33,35,37-38,40,42-61H2,1-3H3/b10-7-,17-15-,23-21-,28-26-,29-27-,32-31-,36-34-,41-39-. The second kappa shape index (κ2) is 58.9. The first kappa shape index (κ1) is 67.3. The fourth-order valence-corrected chi connectivity index (χ4v) is 8.12. The maximum absolute atomic E-state index is 12.8. The molecule has 0 aliphatic heterocycles. The van der Waals surface area contributed by atoms with Crippen LogP contribution in [0.1, 0.15) is 278 Å². The molecule has 6 nitrogen and oxygen atoms in total. The van der Waals surface area contributed by atoms with Gasteiger partial charge in [-0.25, -0.2) is 0 Å². The smallest absolute Gasteiger partial charge is 0.306 e. The van der Waals surface area contributed by atoms with E-state index in [9.17, 15) is 14.4 Å². The Hall–Kier alpha value is -3.67. The number of hydrogen-bond donors (Lipinski definition) is 0. The number of rotatable bonds is 53. The molecule has 0 saturated carbocycles. The molecular weight excluding hydrogens is 877 g/mol. The van der Waals surface area contributed by atoms with Gasteiger partial charge >= 0.3 is 17.9 Å². The normalized spacial score (nSPS) is 12.8. The van der Waals surface area contributed by atoms with Crippen molar-refractivity contribution in [2.75, 3.05) is 13.2 Å². The van der Waals surface area contributed by atoms with Gasteiger partial charge in [0, 0.05) is 19.3 Å². The van der Waals surface area contributed by atoms with E-state index in [1.54, 1.807) is 0 Å². The van der Waals surface area contributed by atoms with Crippen molar-refractivity contribution in [3.63, 3.8) is 0 Å². The van der Waals surface area contributed by atoms with Crippen LogP contribution in [-0.2, 0) is 28.6 Å². The summed E-state index contributed by atoms with van der Waals surface area (Å²) in [5, 5.41) is 0. The van der Waals surface area contributed by atoms with E-state index >= 15 is 0 Å². The second-order valence-electron chi connectivity index (χ2n) is 19.5. The monoisotopic (exact) mass is 987 g/mol. The number of carbonyl (C=O) groups excluding carboxylic acids is 3. The van der Waals surface area contributed by atoms with Gasteiger partial charge in [0.25, 0.3) is 0 Å². The third-order valence-corrected chi connectivity index (χ3v) is 12.6. The molecule has 0 radical (unpaired) electrons. The van der Waals surface area contributed by atoms with Gasteiger partial charge in [-0.3, -0.25) is 14.4 Å². The molecule has 0 saturated heterocycles. The minimum atomic E-state index is -0.784. The summed E-state index contributed by atoms with van der Waals surface area (Å²) in [6, 6.07) is 0. The summed E-state index contributed by atoms with van der Waals surface area (Å²) in [7, 11) is 0. The maximum Gasteiger partial charge on any atom is 0.306 e. The van der Waals surface area contributed by atoms with Crippen molar-refractivity contribution in [3.8, 4) is 0 Å². The third kappa shape index (κ3) is 57.1. The third-order valence-electron chi connectivity index (χ3n) is 12.6. The van der Waals surface area contributed by atoms with Crippen LogP contribution < -0.4 is 0 Å². The first-order valence-corrected chi connectivity index (χ1v) is 29.7. The molecule has 0 rings (SSSR count). The molecule has 0 spiro atoms. The molecule has 1 unspecified atom stereocenters. The van der Waals surface area contributed by atoms with Crippen molar-refractivity contribution >= 4 is 17.9 Å². The van der Waals surface area contributed by atoms with Gasteiger partial charge in [-0.05, 0) is 103 Å². The highest BCUT2D eigenvalue weighted by Crippen LogP contribution is 2.15. The van der Waals surface area contributed by atoms with Crippen molar-refractivity contribution in [2.45, 2.75) is 284 Å². The first-order chi connectivity index (χ1) is 35.0. The quantitative estimate of drug-likeness (QED) is 0.0261. The number of hydrogen-bond acceptors (Lipinski definition) is 6. The zero-order valence-corrected chi connectivity index (χ0v) is 46.5. The molecule has 0 N–H and O–H groups in total. The molecule has 406 valence electrons. The Kier molecular flexibility index (Phi) is 55.9. The number of allylic oxidation sites excluding steroid dienone is 16. The van der Waals surface area contributed by atoms with Gasteiger partial charge in [0.1, 0.15) is 13.2 Å². The summed E-state index contributed by atoms with van der Waals surface area (Å²) in [6.07, 6.45) is 78.8. The zero-order valence-electron chi connectivity index (χ0n) is 46.5. The predicted molar refractivity (Wildman–Crippen MR) is 307 cm³/mol. The van der Waals surface area contributed by atoms with Crippen LogP contribution in [0.2, 0.25) is 0 Å². The molecule has 1 atom stereocenters. The molecular formula is C65H110O6. The van der Waals surface area contributed by atoms with E-state index in [0.717, 1.165) is 128 Å². The fourth-order valence-electron chi connectivity index (χ4n) is 8.12. The van der Waals surface area contributed by atoms with Crippen molar-refractivity contribution < 1.29 is 28.6 Å². The van der Waals surface area contributed by atoms with Crippen LogP contribution in [-0.4, -0.2) is 37.2 Å². The van der Waals surface area contributed by atoms with Crippen molar-refractivity contribution in [3.05, 3.63) is 97.2 Å². The van der Waals surface area contributed by atoms with Crippen LogP contribution in [0.25, 0.3) is 0 Å². The van der Waals surface area contributed by atoms with Crippen molar-refractivity contribution in [2.24, 2.45) is 0 Å². The molecule has 0 aliphatic rings. The van der Waals surface area contributed by atoms with Gasteiger partial charge < -0.3 is 14.2 Å². The highest BCUT2D eigenvalue weighted by atomic mass is 16.6. The van der Waals surface area contributed by atoms with Crippen LogP contribution in [0.5, 0.6) is 0 Å². The lowest BCUT2D eigenvalue weighted by Crippen LogP contribution is -2.30. The molecule has 0 heterocycles. The maximum atomic E-state index is 12.8. The summed E-state index contributed by atoms with van der Waals surface area (Å²) in [4.78, 5) is 37.8. The SMILES string of the molecule is CC/C=C\C/C=C\C/C=C\C/C=C\C/C=C\C/C=C\C/C=C\CCCCCCCC(=O)OCC(COC(=O)CCCCCCC)OC(=O)CCCCCCCCCCC/C=C\CCCCCCCCCC. The molecule has 0 aliphatic carbocycles. The van der Waals surface area contributed by atoms with Gasteiger partial charge in [0.05, 0.1) is 0 Å². The summed E-state index contributed by atoms with van der Waals surface area (Å²) in [6.45, 7) is 6.43. The van der Waals surface area contributed by atoms with E-state index in [4.69, 9.17) is 14.2 Å². The average molecular weight is 988 g/mol. The minimum absolute atomic E-state index is 0.0851. The van der Waals surface area contributed by atoms with Gasteiger partial charge in [0.2, 0.25) is 0 Å². The van der Waals surface area contributed by atoms with Crippen LogP contribution in [0.15, 0.2) is 97.2 Å². The summed E-state index contributed by atoms with van der Waals surface area (Å²) in [5.74, 6) is -0.917. The van der Waals surface area contributed by atoms with Gasteiger partial charge in [-0.15, -0.1) is 0 Å². The predicted octanol–water partition coefficient (Wildman–Crippen LogP) is 20.1. The molecule has 0 aromatic rings. The Labute approximate surface area is 438 Å². The van der Waals surface area contributed by atoms with Crippen LogP contribution in [0, 0.1) is 0 Å². The Balaban J connectivity index is 4.15. The lowest BCUT2D eigenvalue weighted by molar-refractivity contribution is -0.167. The Morgan fingerprint density at radius 2 is 0.549 bits per heavy atom. The molecule has 0 aromatic carbocycles. The van der Waals surface area contributed by atoms with Gasteiger partial charge in [-0.2, -0.15) is 0 Å². The number of esters is 3. The summed E-state index contributed by atoms with van der Waals surface area (Å²) >= 11 is 0. The van der Waals surface area contributed by atoms with E-state index in [-0.39, 0.29) is 31.1 Å².